The molecule has 0 aliphatic carbocycles. The van der Waals surface area contributed by atoms with E-state index < -0.39 is 7.26 Å². The first-order valence-corrected chi connectivity index (χ1v) is 10.5. The summed E-state index contributed by atoms with van der Waals surface area (Å²) in [6.07, 6.45) is 2.36. The van der Waals surface area contributed by atoms with Gasteiger partial charge in [0.15, 0.2) is 0 Å². The molecule has 0 atom stereocenters. The van der Waals surface area contributed by atoms with E-state index in [-0.39, 0.29) is 17.0 Å². The van der Waals surface area contributed by atoms with Crippen molar-refractivity contribution in [2.24, 2.45) is 0 Å². The molecule has 25 heavy (non-hydrogen) atoms. The number of hydrogen-bond donors (Lipinski definition) is 1. The molecule has 0 aromatic heterocycles. The minimum Gasteiger partial charge on any atom is -0.320 e. The van der Waals surface area contributed by atoms with Crippen molar-refractivity contribution in [3.05, 3.63) is 91.0 Å². The zero-order valence-corrected chi connectivity index (χ0v) is 17.2. The van der Waals surface area contributed by atoms with E-state index in [4.69, 9.17) is 0 Å². The first kappa shape index (κ1) is 19.8. The molecule has 0 radical (unpaired) electrons. The Morgan fingerprint density at radius 3 is 1.32 bits per heavy atom. The summed E-state index contributed by atoms with van der Waals surface area (Å²) in [5.41, 5.74) is 0. The van der Waals surface area contributed by atoms with Crippen molar-refractivity contribution in [3.63, 3.8) is 0 Å². The minimum atomic E-state index is -1.62. The molecule has 3 rings (SSSR count). The van der Waals surface area contributed by atoms with Crippen molar-refractivity contribution in [2.45, 2.75) is 6.42 Å². The fourth-order valence-corrected chi connectivity index (χ4v) is 7.72. The van der Waals surface area contributed by atoms with Crippen molar-refractivity contribution >= 4 is 40.2 Å². The smallest absolute Gasteiger partial charge is 0.112 e. The number of halogens is 1. The van der Waals surface area contributed by atoms with E-state index in [0.29, 0.717) is 0 Å². The Morgan fingerprint density at radius 2 is 1.00 bits per heavy atom. The van der Waals surface area contributed by atoms with E-state index in [2.05, 4.69) is 96.3 Å². The molecular formula is C22H26BrNP+. The average Bonchev–Trinajstić information content (AvgIpc) is 2.68. The Bertz CT molecular complexity index is 635. The SMILES string of the molecule is Br.CNCCC[P+](c1ccccc1)(c1ccccc1)c1ccccc1. The third-order valence-corrected chi connectivity index (χ3v) is 9.04. The first-order chi connectivity index (χ1) is 11.9. The second kappa shape index (κ2) is 9.87. The summed E-state index contributed by atoms with van der Waals surface area (Å²) in [4.78, 5) is 0. The van der Waals surface area contributed by atoms with E-state index in [0.717, 1.165) is 6.54 Å². The molecule has 0 spiro atoms. The van der Waals surface area contributed by atoms with Crippen LogP contribution in [-0.2, 0) is 0 Å². The van der Waals surface area contributed by atoms with Gasteiger partial charge in [-0.15, -0.1) is 17.0 Å². The van der Waals surface area contributed by atoms with Gasteiger partial charge in [0, 0.05) is 0 Å². The molecule has 0 bridgehead atoms. The van der Waals surface area contributed by atoms with E-state index >= 15 is 0 Å². The van der Waals surface area contributed by atoms with Gasteiger partial charge in [0.2, 0.25) is 0 Å². The van der Waals surface area contributed by atoms with Crippen LogP contribution in [0, 0.1) is 0 Å². The van der Waals surface area contributed by atoms with Gasteiger partial charge in [0.05, 0.1) is 6.16 Å². The van der Waals surface area contributed by atoms with Gasteiger partial charge < -0.3 is 5.32 Å². The second-order valence-electron chi connectivity index (χ2n) is 6.00. The topological polar surface area (TPSA) is 12.0 Å². The van der Waals surface area contributed by atoms with E-state index in [1.807, 2.05) is 7.05 Å². The molecular weight excluding hydrogens is 389 g/mol. The lowest BCUT2D eigenvalue weighted by atomic mass is 10.3. The summed E-state index contributed by atoms with van der Waals surface area (Å²) in [5, 5.41) is 7.72. The summed E-state index contributed by atoms with van der Waals surface area (Å²) in [5.74, 6) is 0. The van der Waals surface area contributed by atoms with E-state index in [1.54, 1.807) is 0 Å². The average molecular weight is 415 g/mol. The molecule has 0 fully saturated rings. The number of rotatable bonds is 7. The fourth-order valence-electron chi connectivity index (χ4n) is 3.37. The van der Waals surface area contributed by atoms with E-state index in [9.17, 15) is 0 Å². The highest BCUT2D eigenvalue weighted by molar-refractivity contribution is 8.93. The molecule has 0 saturated heterocycles. The maximum absolute atomic E-state index is 3.31. The van der Waals surface area contributed by atoms with Gasteiger partial charge in [-0.1, -0.05) is 54.6 Å². The van der Waals surface area contributed by atoms with Crippen LogP contribution in [0.2, 0.25) is 0 Å². The predicted octanol–water partition coefficient (Wildman–Crippen LogP) is 4.17. The predicted molar refractivity (Wildman–Crippen MR) is 119 cm³/mol. The van der Waals surface area contributed by atoms with Crippen molar-refractivity contribution in [1.82, 2.24) is 5.32 Å². The molecule has 130 valence electrons. The van der Waals surface area contributed by atoms with Crippen LogP contribution in [0.15, 0.2) is 91.0 Å². The van der Waals surface area contributed by atoms with Crippen LogP contribution < -0.4 is 21.2 Å². The summed E-state index contributed by atoms with van der Waals surface area (Å²) >= 11 is 0. The zero-order chi connectivity index (χ0) is 16.7. The molecule has 0 amide bonds. The monoisotopic (exact) mass is 414 g/mol. The molecule has 0 heterocycles. The Morgan fingerprint density at radius 1 is 0.640 bits per heavy atom. The van der Waals surface area contributed by atoms with E-state index in [1.165, 1.54) is 28.5 Å². The summed E-state index contributed by atoms with van der Waals surface area (Å²) < 4.78 is 0. The van der Waals surface area contributed by atoms with Crippen LogP contribution >= 0.6 is 24.2 Å². The molecule has 0 saturated carbocycles. The van der Waals surface area contributed by atoms with Gasteiger partial charge in [-0.2, -0.15) is 0 Å². The maximum Gasteiger partial charge on any atom is 0.112 e. The lowest BCUT2D eigenvalue weighted by Crippen LogP contribution is -2.34. The Hall–Kier alpha value is -1.47. The summed E-state index contributed by atoms with van der Waals surface area (Å²) in [6.45, 7) is 1.05. The quantitative estimate of drug-likeness (QED) is 0.451. The van der Waals surface area contributed by atoms with Crippen molar-refractivity contribution in [3.8, 4) is 0 Å². The molecule has 0 unspecified atom stereocenters. The van der Waals surface area contributed by atoms with Gasteiger partial charge in [-0.3, -0.25) is 0 Å². The van der Waals surface area contributed by atoms with Crippen molar-refractivity contribution in [1.29, 1.82) is 0 Å². The van der Waals surface area contributed by atoms with Crippen LogP contribution in [0.1, 0.15) is 6.42 Å². The van der Waals surface area contributed by atoms with Gasteiger partial charge in [-0.25, -0.2) is 0 Å². The van der Waals surface area contributed by atoms with Crippen molar-refractivity contribution < 1.29 is 0 Å². The highest BCUT2D eigenvalue weighted by Crippen LogP contribution is 2.55. The number of hydrogen-bond acceptors (Lipinski definition) is 1. The van der Waals surface area contributed by atoms with Crippen molar-refractivity contribution in [2.75, 3.05) is 19.8 Å². The number of benzene rings is 3. The molecule has 3 heteroatoms. The van der Waals surface area contributed by atoms with Crippen LogP contribution in [-0.4, -0.2) is 19.8 Å². The largest absolute Gasteiger partial charge is 0.320 e. The van der Waals surface area contributed by atoms with Crippen LogP contribution in [0.4, 0.5) is 0 Å². The Kier molecular flexibility index (Phi) is 7.84. The van der Waals surface area contributed by atoms with Gasteiger partial charge in [-0.05, 0) is 56.4 Å². The highest BCUT2D eigenvalue weighted by atomic mass is 79.9. The standard InChI is InChI=1S/C22H25NP.BrH/c1-23-18-11-19-24(20-12-5-2-6-13-20,21-14-7-3-8-15-21)22-16-9-4-10-17-22;/h2-10,12-17,23H,11,18-19H2,1H3;1H/q+1;. The third-order valence-electron chi connectivity index (χ3n) is 4.51. The zero-order valence-electron chi connectivity index (χ0n) is 14.6. The maximum atomic E-state index is 3.31. The van der Waals surface area contributed by atoms with Crippen LogP contribution in [0.5, 0.6) is 0 Å². The first-order valence-electron chi connectivity index (χ1n) is 8.57. The molecule has 1 N–H and O–H groups in total. The Labute approximate surface area is 162 Å². The molecule has 3 aromatic rings. The number of nitrogens with one attached hydrogen (secondary N) is 1. The van der Waals surface area contributed by atoms with Gasteiger partial charge in [0.1, 0.15) is 23.2 Å². The Balaban J connectivity index is 0.00000225. The minimum absolute atomic E-state index is 0. The summed E-state index contributed by atoms with van der Waals surface area (Å²) in [7, 11) is 0.412. The molecule has 1 nitrogen and oxygen atoms in total. The highest BCUT2D eigenvalue weighted by Gasteiger charge is 2.44. The van der Waals surface area contributed by atoms with Gasteiger partial charge in [0.25, 0.3) is 0 Å². The normalized spacial score (nSPS) is 10.9. The molecule has 0 aliphatic heterocycles. The van der Waals surface area contributed by atoms with Gasteiger partial charge >= 0.3 is 0 Å². The summed E-state index contributed by atoms with van der Waals surface area (Å²) in [6, 6.07) is 33.3. The lowest BCUT2D eigenvalue weighted by molar-refractivity contribution is 0.776. The molecule has 3 aromatic carbocycles. The molecule has 0 aliphatic rings. The van der Waals surface area contributed by atoms with Crippen LogP contribution in [0.3, 0.4) is 0 Å². The van der Waals surface area contributed by atoms with Crippen LogP contribution in [0.25, 0.3) is 0 Å². The third kappa shape index (κ3) is 4.39. The second-order valence-corrected chi connectivity index (χ2v) is 9.61. The lowest BCUT2D eigenvalue weighted by Gasteiger charge is -2.27. The fraction of sp³-hybridized carbons (Fsp3) is 0.182.